The lowest BCUT2D eigenvalue weighted by atomic mass is 10.2. The summed E-state index contributed by atoms with van der Waals surface area (Å²) in [6.07, 6.45) is 0. The average molecular weight is 383 g/mol. The number of nitrogens with one attached hydrogen (secondary N) is 1. The molecule has 136 valence electrons. The Morgan fingerprint density at radius 1 is 1.19 bits per heavy atom. The highest BCUT2D eigenvalue weighted by Crippen LogP contribution is 2.23. The van der Waals surface area contributed by atoms with Crippen LogP contribution in [0, 0.1) is 15.9 Å². The van der Waals surface area contributed by atoms with E-state index in [1.807, 2.05) is 0 Å². The number of hydrogen-bond donors (Lipinski definition) is 1. The predicted molar refractivity (Wildman–Crippen MR) is 89.6 cm³/mol. The lowest BCUT2D eigenvalue weighted by molar-refractivity contribution is -0.387. The Morgan fingerprint density at radius 2 is 1.92 bits per heavy atom. The molecule has 0 aliphatic rings. The van der Waals surface area contributed by atoms with Gasteiger partial charge >= 0.3 is 11.7 Å². The van der Waals surface area contributed by atoms with Crippen LogP contribution in [0.3, 0.4) is 0 Å². The quantitative estimate of drug-likeness (QED) is 0.448. The molecule has 0 aromatic heterocycles. The fourth-order valence-corrected chi connectivity index (χ4v) is 2.00. The summed E-state index contributed by atoms with van der Waals surface area (Å²) in [7, 11) is 0. The molecule has 2 aromatic carbocycles. The number of carbonyl (C=O) groups is 2. The summed E-state index contributed by atoms with van der Waals surface area (Å²) in [5.74, 6) is -2.31. The van der Waals surface area contributed by atoms with Crippen molar-refractivity contribution in [3.8, 4) is 5.75 Å². The van der Waals surface area contributed by atoms with Gasteiger partial charge in [0, 0.05) is 11.8 Å². The van der Waals surface area contributed by atoms with E-state index in [4.69, 9.17) is 21.1 Å². The zero-order valence-corrected chi connectivity index (χ0v) is 13.9. The Morgan fingerprint density at radius 3 is 2.62 bits per heavy atom. The number of nitro benzene ring substituents is 1. The minimum absolute atomic E-state index is 0.00790. The number of para-hydroxylation sites is 1. The zero-order valence-electron chi connectivity index (χ0n) is 13.1. The molecule has 0 aliphatic carbocycles. The number of halogens is 2. The van der Waals surface area contributed by atoms with E-state index in [2.05, 4.69) is 5.32 Å². The Hall–Kier alpha value is -3.20. The van der Waals surface area contributed by atoms with Gasteiger partial charge in [0.25, 0.3) is 5.91 Å². The molecule has 0 fully saturated rings. The number of esters is 1. The largest absolute Gasteiger partial charge is 0.480 e. The topological polar surface area (TPSA) is 108 Å². The third-order valence-corrected chi connectivity index (χ3v) is 3.29. The van der Waals surface area contributed by atoms with E-state index in [1.165, 1.54) is 0 Å². The van der Waals surface area contributed by atoms with Crippen molar-refractivity contribution in [1.29, 1.82) is 0 Å². The Kier molecular flexibility index (Phi) is 6.45. The first-order valence-corrected chi connectivity index (χ1v) is 7.51. The standard InChI is InChI=1S/C16H12ClFN2O6/c17-11-3-1-2-4-14(11)25-9-16(22)26-8-15(21)19-10-5-6-12(18)13(7-10)20(23)24/h1-7H,8-9H2,(H,19,21). The van der Waals surface area contributed by atoms with Crippen LogP contribution in [0.5, 0.6) is 5.75 Å². The van der Waals surface area contributed by atoms with Crippen LogP contribution >= 0.6 is 11.6 Å². The summed E-state index contributed by atoms with van der Waals surface area (Å²) >= 11 is 5.86. The smallest absolute Gasteiger partial charge is 0.344 e. The van der Waals surface area contributed by atoms with Gasteiger partial charge in [-0.2, -0.15) is 4.39 Å². The lowest BCUT2D eigenvalue weighted by Crippen LogP contribution is -2.23. The molecule has 1 amide bonds. The van der Waals surface area contributed by atoms with Gasteiger partial charge in [-0.05, 0) is 24.3 Å². The van der Waals surface area contributed by atoms with E-state index in [-0.39, 0.29) is 11.4 Å². The molecule has 8 nitrogen and oxygen atoms in total. The number of carbonyl (C=O) groups excluding carboxylic acids is 2. The van der Waals surface area contributed by atoms with Gasteiger partial charge in [-0.3, -0.25) is 14.9 Å². The predicted octanol–water partition coefficient (Wildman–Crippen LogP) is 2.95. The van der Waals surface area contributed by atoms with Crippen LogP contribution in [0.4, 0.5) is 15.8 Å². The van der Waals surface area contributed by atoms with Crippen molar-refractivity contribution in [2.24, 2.45) is 0 Å². The van der Waals surface area contributed by atoms with Crippen LogP contribution in [0.1, 0.15) is 0 Å². The molecular formula is C16H12ClFN2O6. The summed E-state index contributed by atoms with van der Waals surface area (Å²) in [6.45, 7) is -1.10. The molecule has 1 N–H and O–H groups in total. The molecule has 0 bridgehead atoms. The van der Waals surface area contributed by atoms with Crippen LogP contribution in [0.2, 0.25) is 5.02 Å². The first-order chi connectivity index (χ1) is 12.4. The fourth-order valence-electron chi connectivity index (χ4n) is 1.81. The maximum Gasteiger partial charge on any atom is 0.344 e. The van der Waals surface area contributed by atoms with Crippen molar-refractivity contribution in [1.82, 2.24) is 0 Å². The van der Waals surface area contributed by atoms with E-state index in [9.17, 15) is 24.1 Å². The summed E-state index contributed by atoms with van der Waals surface area (Å²) in [6, 6.07) is 9.34. The van der Waals surface area contributed by atoms with Crippen molar-refractivity contribution in [2.75, 3.05) is 18.5 Å². The number of ether oxygens (including phenoxy) is 2. The molecule has 26 heavy (non-hydrogen) atoms. The second-order valence-corrected chi connectivity index (χ2v) is 5.26. The molecular weight excluding hydrogens is 371 g/mol. The Balaban J connectivity index is 1.81. The van der Waals surface area contributed by atoms with Crippen molar-refractivity contribution >= 4 is 34.9 Å². The molecule has 0 saturated carbocycles. The van der Waals surface area contributed by atoms with Gasteiger partial charge in [0.15, 0.2) is 13.2 Å². The second kappa shape index (κ2) is 8.77. The number of amides is 1. The van der Waals surface area contributed by atoms with Gasteiger partial charge in [-0.25, -0.2) is 4.79 Å². The van der Waals surface area contributed by atoms with Gasteiger partial charge in [0.05, 0.1) is 9.95 Å². The van der Waals surface area contributed by atoms with Crippen LogP contribution in [0.25, 0.3) is 0 Å². The number of rotatable bonds is 7. The number of hydrogen-bond acceptors (Lipinski definition) is 6. The molecule has 0 radical (unpaired) electrons. The zero-order chi connectivity index (χ0) is 19.1. The third kappa shape index (κ3) is 5.42. The maximum absolute atomic E-state index is 13.2. The summed E-state index contributed by atoms with van der Waals surface area (Å²) in [5.41, 5.74) is -0.792. The minimum Gasteiger partial charge on any atom is -0.480 e. The number of anilines is 1. The number of nitrogens with zero attached hydrogens (tertiary/aromatic N) is 1. The normalized spacial score (nSPS) is 10.1. The molecule has 0 spiro atoms. The van der Waals surface area contributed by atoms with Crippen molar-refractivity contribution in [3.05, 3.63) is 63.4 Å². The molecule has 2 aromatic rings. The van der Waals surface area contributed by atoms with Crippen molar-refractivity contribution in [2.45, 2.75) is 0 Å². The lowest BCUT2D eigenvalue weighted by Gasteiger charge is -2.08. The molecule has 10 heteroatoms. The first-order valence-electron chi connectivity index (χ1n) is 7.13. The highest BCUT2D eigenvalue weighted by Gasteiger charge is 2.16. The Labute approximate surface area is 151 Å². The van der Waals surface area contributed by atoms with Gasteiger partial charge in [0.1, 0.15) is 5.75 Å². The molecule has 0 aliphatic heterocycles. The maximum atomic E-state index is 13.2. The van der Waals surface area contributed by atoms with E-state index >= 15 is 0 Å². The molecule has 0 unspecified atom stereocenters. The van der Waals surface area contributed by atoms with E-state index in [1.54, 1.807) is 24.3 Å². The van der Waals surface area contributed by atoms with Crippen LogP contribution < -0.4 is 10.1 Å². The Bertz CT molecular complexity index is 845. The fraction of sp³-hybridized carbons (Fsp3) is 0.125. The average Bonchev–Trinajstić information content (AvgIpc) is 2.60. The van der Waals surface area contributed by atoms with Crippen LogP contribution in [-0.4, -0.2) is 30.0 Å². The minimum atomic E-state index is -1.03. The molecule has 2 rings (SSSR count). The van der Waals surface area contributed by atoms with E-state index < -0.39 is 41.5 Å². The van der Waals surface area contributed by atoms with Gasteiger partial charge in [0.2, 0.25) is 5.82 Å². The summed E-state index contributed by atoms with van der Waals surface area (Å²) < 4.78 is 23.1. The number of benzene rings is 2. The first kappa shape index (κ1) is 19.1. The number of nitro groups is 1. The third-order valence-electron chi connectivity index (χ3n) is 2.97. The molecule has 0 heterocycles. The highest BCUT2D eigenvalue weighted by atomic mass is 35.5. The van der Waals surface area contributed by atoms with Crippen LogP contribution in [0.15, 0.2) is 42.5 Å². The SMILES string of the molecule is O=C(COC(=O)COc1ccccc1Cl)Nc1ccc(F)c([N+](=O)[O-])c1. The van der Waals surface area contributed by atoms with Gasteiger partial charge < -0.3 is 14.8 Å². The molecule has 0 atom stereocenters. The summed E-state index contributed by atoms with van der Waals surface area (Å²) in [5, 5.41) is 13.2. The van der Waals surface area contributed by atoms with Crippen molar-refractivity contribution < 1.29 is 28.4 Å². The summed E-state index contributed by atoms with van der Waals surface area (Å²) in [4.78, 5) is 33.0. The van der Waals surface area contributed by atoms with Crippen molar-refractivity contribution in [3.63, 3.8) is 0 Å². The monoisotopic (exact) mass is 382 g/mol. The highest BCUT2D eigenvalue weighted by molar-refractivity contribution is 6.32. The molecule has 0 saturated heterocycles. The van der Waals surface area contributed by atoms with E-state index in [0.717, 1.165) is 18.2 Å². The van der Waals surface area contributed by atoms with Gasteiger partial charge in [-0.15, -0.1) is 0 Å². The van der Waals surface area contributed by atoms with Crippen LogP contribution in [-0.2, 0) is 14.3 Å². The van der Waals surface area contributed by atoms with E-state index in [0.29, 0.717) is 5.02 Å². The van der Waals surface area contributed by atoms with Gasteiger partial charge in [-0.1, -0.05) is 23.7 Å². The second-order valence-electron chi connectivity index (χ2n) is 4.85.